The standard InChI is InChI=1S/C8H17NOS.BrH/c1-3-9-6-11-8(4-5-10)7(9)2;/h7-8,10H,3-6H2,1-2H3;1H. The average Bonchev–Trinajstić information content (AvgIpc) is 2.34. The monoisotopic (exact) mass is 255 g/mol. The van der Waals surface area contributed by atoms with Gasteiger partial charge in [-0.3, -0.25) is 4.90 Å². The van der Waals surface area contributed by atoms with Crippen LogP contribution in [0.5, 0.6) is 0 Å². The molecule has 1 heterocycles. The number of rotatable bonds is 3. The van der Waals surface area contributed by atoms with Gasteiger partial charge in [0.15, 0.2) is 0 Å². The van der Waals surface area contributed by atoms with Crippen LogP contribution in [0.1, 0.15) is 20.3 Å². The first-order valence-corrected chi connectivity index (χ1v) is 5.31. The van der Waals surface area contributed by atoms with Crippen LogP contribution in [0, 0.1) is 0 Å². The molecule has 2 atom stereocenters. The zero-order chi connectivity index (χ0) is 8.27. The van der Waals surface area contributed by atoms with Gasteiger partial charge < -0.3 is 5.11 Å². The average molecular weight is 256 g/mol. The molecular formula is C8H18BrNOS. The number of hydrogen-bond donors (Lipinski definition) is 1. The van der Waals surface area contributed by atoms with Crippen molar-refractivity contribution in [2.45, 2.75) is 31.6 Å². The number of aliphatic hydroxyl groups is 1. The van der Waals surface area contributed by atoms with Gasteiger partial charge in [0.1, 0.15) is 0 Å². The van der Waals surface area contributed by atoms with Gasteiger partial charge in [-0.1, -0.05) is 6.92 Å². The van der Waals surface area contributed by atoms with Crippen LogP contribution in [0.25, 0.3) is 0 Å². The van der Waals surface area contributed by atoms with Crippen LogP contribution in [0.15, 0.2) is 0 Å². The minimum atomic E-state index is 0. The van der Waals surface area contributed by atoms with Gasteiger partial charge in [-0.15, -0.1) is 28.7 Å². The molecule has 1 saturated heterocycles. The summed E-state index contributed by atoms with van der Waals surface area (Å²) in [4.78, 5) is 2.45. The first-order valence-electron chi connectivity index (χ1n) is 4.26. The van der Waals surface area contributed by atoms with E-state index in [4.69, 9.17) is 5.11 Å². The lowest BCUT2D eigenvalue weighted by molar-refractivity contribution is 0.239. The molecule has 12 heavy (non-hydrogen) atoms. The molecular weight excluding hydrogens is 238 g/mol. The topological polar surface area (TPSA) is 23.5 Å². The van der Waals surface area contributed by atoms with Crippen molar-refractivity contribution >= 4 is 28.7 Å². The molecule has 0 amide bonds. The Balaban J connectivity index is 0.00000121. The lowest BCUT2D eigenvalue weighted by atomic mass is 10.1. The number of aliphatic hydroxyl groups excluding tert-OH is 1. The van der Waals surface area contributed by atoms with Crippen molar-refractivity contribution in [3.8, 4) is 0 Å². The third-order valence-electron chi connectivity index (χ3n) is 2.39. The van der Waals surface area contributed by atoms with Crippen LogP contribution in [-0.2, 0) is 0 Å². The number of halogens is 1. The van der Waals surface area contributed by atoms with Gasteiger partial charge in [-0.05, 0) is 19.9 Å². The van der Waals surface area contributed by atoms with E-state index in [1.54, 1.807) is 0 Å². The Morgan fingerprint density at radius 1 is 1.58 bits per heavy atom. The minimum absolute atomic E-state index is 0. The second-order valence-electron chi connectivity index (χ2n) is 2.99. The molecule has 2 unspecified atom stereocenters. The van der Waals surface area contributed by atoms with Crippen molar-refractivity contribution in [3.63, 3.8) is 0 Å². The maximum absolute atomic E-state index is 8.77. The van der Waals surface area contributed by atoms with Crippen LogP contribution in [0.3, 0.4) is 0 Å². The molecule has 1 N–H and O–H groups in total. The largest absolute Gasteiger partial charge is 0.396 e. The van der Waals surface area contributed by atoms with E-state index < -0.39 is 0 Å². The molecule has 74 valence electrons. The summed E-state index contributed by atoms with van der Waals surface area (Å²) in [5.41, 5.74) is 0. The molecule has 0 saturated carbocycles. The molecule has 4 heteroatoms. The summed E-state index contributed by atoms with van der Waals surface area (Å²) in [5.74, 6) is 1.14. The number of hydrogen-bond acceptors (Lipinski definition) is 3. The summed E-state index contributed by atoms with van der Waals surface area (Å²) in [7, 11) is 0. The SMILES string of the molecule is Br.CCN1CSC(CCO)C1C. The van der Waals surface area contributed by atoms with Crippen LogP contribution in [-0.4, -0.2) is 40.3 Å². The summed E-state index contributed by atoms with van der Waals surface area (Å²) in [5, 5.41) is 9.42. The smallest absolute Gasteiger partial charge is 0.0450 e. The Morgan fingerprint density at radius 3 is 2.67 bits per heavy atom. The van der Waals surface area contributed by atoms with Crippen molar-refractivity contribution in [1.82, 2.24) is 4.90 Å². The number of thioether (sulfide) groups is 1. The van der Waals surface area contributed by atoms with Gasteiger partial charge in [0.25, 0.3) is 0 Å². The van der Waals surface area contributed by atoms with Gasteiger partial charge in [0.05, 0.1) is 0 Å². The van der Waals surface area contributed by atoms with Crippen molar-refractivity contribution in [1.29, 1.82) is 0 Å². The molecule has 0 aliphatic carbocycles. The normalized spacial score (nSPS) is 30.2. The summed E-state index contributed by atoms with van der Waals surface area (Å²) in [6.07, 6.45) is 0.947. The fourth-order valence-electron chi connectivity index (χ4n) is 1.51. The summed E-state index contributed by atoms with van der Waals surface area (Å²) < 4.78 is 0. The molecule has 0 bridgehead atoms. The Bertz CT molecular complexity index is 126. The van der Waals surface area contributed by atoms with Crippen molar-refractivity contribution < 1.29 is 5.11 Å². The van der Waals surface area contributed by atoms with Crippen LogP contribution >= 0.6 is 28.7 Å². The Labute approximate surface area is 89.5 Å². The highest BCUT2D eigenvalue weighted by Gasteiger charge is 2.29. The summed E-state index contributed by atoms with van der Waals surface area (Å²) >= 11 is 1.97. The Morgan fingerprint density at radius 2 is 2.25 bits per heavy atom. The van der Waals surface area contributed by atoms with E-state index >= 15 is 0 Å². The highest BCUT2D eigenvalue weighted by Crippen LogP contribution is 2.30. The Kier molecular flexibility index (Phi) is 6.63. The van der Waals surface area contributed by atoms with E-state index in [0.717, 1.165) is 18.8 Å². The molecule has 1 aliphatic heterocycles. The Hall–Kier alpha value is 0.750. The van der Waals surface area contributed by atoms with Crippen LogP contribution in [0.2, 0.25) is 0 Å². The molecule has 0 aromatic rings. The van der Waals surface area contributed by atoms with Crippen LogP contribution in [0.4, 0.5) is 0 Å². The molecule has 0 radical (unpaired) electrons. The molecule has 0 aromatic carbocycles. The van der Waals surface area contributed by atoms with Gasteiger partial charge in [0, 0.05) is 23.8 Å². The molecule has 2 nitrogen and oxygen atoms in total. The number of nitrogens with zero attached hydrogens (tertiary/aromatic N) is 1. The maximum atomic E-state index is 8.77. The third kappa shape index (κ3) is 2.91. The second-order valence-corrected chi connectivity index (χ2v) is 4.19. The van der Waals surface area contributed by atoms with Gasteiger partial charge >= 0.3 is 0 Å². The third-order valence-corrected chi connectivity index (χ3v) is 3.93. The van der Waals surface area contributed by atoms with E-state index in [9.17, 15) is 0 Å². The van der Waals surface area contributed by atoms with E-state index in [-0.39, 0.29) is 17.0 Å². The zero-order valence-electron chi connectivity index (χ0n) is 7.69. The van der Waals surface area contributed by atoms with Crippen LogP contribution < -0.4 is 0 Å². The minimum Gasteiger partial charge on any atom is -0.396 e. The molecule has 1 rings (SSSR count). The molecule has 1 aliphatic rings. The fourth-order valence-corrected chi connectivity index (χ4v) is 3.04. The maximum Gasteiger partial charge on any atom is 0.0450 e. The van der Waals surface area contributed by atoms with Gasteiger partial charge in [-0.25, -0.2) is 0 Å². The summed E-state index contributed by atoms with van der Waals surface area (Å²) in [6.45, 7) is 5.91. The lowest BCUT2D eigenvalue weighted by Gasteiger charge is -2.20. The second kappa shape index (κ2) is 6.24. The van der Waals surface area contributed by atoms with Gasteiger partial charge in [-0.2, -0.15) is 0 Å². The highest BCUT2D eigenvalue weighted by molar-refractivity contribution is 8.93. The zero-order valence-corrected chi connectivity index (χ0v) is 10.2. The summed E-state index contributed by atoms with van der Waals surface area (Å²) in [6, 6.07) is 0.650. The van der Waals surface area contributed by atoms with E-state index in [1.165, 1.54) is 0 Å². The van der Waals surface area contributed by atoms with Crippen molar-refractivity contribution in [3.05, 3.63) is 0 Å². The van der Waals surface area contributed by atoms with Crippen molar-refractivity contribution in [2.24, 2.45) is 0 Å². The lowest BCUT2D eigenvalue weighted by Crippen LogP contribution is -2.32. The quantitative estimate of drug-likeness (QED) is 0.831. The van der Waals surface area contributed by atoms with E-state index in [2.05, 4.69) is 18.7 Å². The van der Waals surface area contributed by atoms with Gasteiger partial charge in [0.2, 0.25) is 0 Å². The molecule has 0 aromatic heterocycles. The molecule has 0 spiro atoms. The van der Waals surface area contributed by atoms with E-state index in [1.807, 2.05) is 11.8 Å². The van der Waals surface area contributed by atoms with E-state index in [0.29, 0.717) is 17.9 Å². The highest BCUT2D eigenvalue weighted by atomic mass is 79.9. The first-order chi connectivity index (χ1) is 5.29. The van der Waals surface area contributed by atoms with Crippen molar-refractivity contribution in [2.75, 3.05) is 19.0 Å². The first kappa shape index (κ1) is 12.8. The molecule has 1 fully saturated rings. The fraction of sp³-hybridized carbons (Fsp3) is 1.00. The predicted molar refractivity (Wildman–Crippen MR) is 60.1 cm³/mol. The predicted octanol–water partition coefficient (Wildman–Crippen LogP) is 1.73.